The number of anilines is 1. The van der Waals surface area contributed by atoms with Gasteiger partial charge in [-0.05, 0) is 30.3 Å². The highest BCUT2D eigenvalue weighted by Crippen LogP contribution is 2.33. The van der Waals surface area contributed by atoms with E-state index >= 15 is 0 Å². The fourth-order valence-corrected chi connectivity index (χ4v) is 2.83. The maximum Gasteiger partial charge on any atom is 0.265 e. The molecule has 4 N–H and O–H groups in total. The summed E-state index contributed by atoms with van der Waals surface area (Å²) in [4.78, 5) is 37.1. The Morgan fingerprint density at radius 3 is 2.63 bits per heavy atom. The second-order valence-corrected chi connectivity index (χ2v) is 6.21. The molecule has 2 aromatic carbocycles. The van der Waals surface area contributed by atoms with E-state index in [9.17, 15) is 14.4 Å². The summed E-state index contributed by atoms with van der Waals surface area (Å²) in [7, 11) is 0. The van der Waals surface area contributed by atoms with Crippen LogP contribution in [0.3, 0.4) is 0 Å². The molecule has 1 aliphatic heterocycles. The lowest BCUT2D eigenvalue weighted by Crippen LogP contribution is -2.50. The molecular weight excluding hydrogens is 374 g/mol. The Morgan fingerprint density at radius 2 is 1.93 bits per heavy atom. The third kappa shape index (κ3) is 3.95. The van der Waals surface area contributed by atoms with Gasteiger partial charge < -0.3 is 25.8 Å². The number of nitrogens with two attached hydrogens (primary N) is 2. The summed E-state index contributed by atoms with van der Waals surface area (Å²) in [6.45, 7) is -0.431. The van der Waals surface area contributed by atoms with Crippen molar-refractivity contribution in [3.05, 3.63) is 53.1 Å². The van der Waals surface area contributed by atoms with Crippen LogP contribution in [0.2, 0.25) is 5.02 Å². The minimum atomic E-state index is -0.972. The van der Waals surface area contributed by atoms with Crippen molar-refractivity contribution >= 4 is 35.0 Å². The molecule has 9 heteroatoms. The number of fused-ring (bicyclic) bond motifs is 1. The van der Waals surface area contributed by atoms with E-state index in [4.69, 9.17) is 32.5 Å². The summed E-state index contributed by atoms with van der Waals surface area (Å²) in [5, 5.41) is 0.314. The lowest BCUT2D eigenvalue weighted by molar-refractivity contribution is -0.125. The van der Waals surface area contributed by atoms with Crippen LogP contribution in [-0.2, 0) is 9.59 Å². The topological polar surface area (TPSA) is 125 Å². The zero-order valence-corrected chi connectivity index (χ0v) is 14.8. The molecule has 0 spiro atoms. The number of carbonyl (C=O) groups excluding carboxylic acids is 3. The molecule has 1 aliphatic rings. The minimum absolute atomic E-state index is 0.0438. The number of hydrogen-bond donors (Lipinski definition) is 2. The molecule has 3 amide bonds. The van der Waals surface area contributed by atoms with Gasteiger partial charge in [0.25, 0.3) is 17.7 Å². The molecule has 0 bridgehead atoms. The van der Waals surface area contributed by atoms with E-state index in [0.717, 1.165) is 0 Å². The third-order valence-corrected chi connectivity index (χ3v) is 4.19. The van der Waals surface area contributed by atoms with Crippen molar-refractivity contribution in [2.45, 2.75) is 6.10 Å². The Labute approximate surface area is 159 Å². The first-order chi connectivity index (χ1) is 12.9. The van der Waals surface area contributed by atoms with Gasteiger partial charge in [0, 0.05) is 5.02 Å². The van der Waals surface area contributed by atoms with E-state index in [1.54, 1.807) is 24.3 Å². The molecule has 8 nitrogen and oxygen atoms in total. The van der Waals surface area contributed by atoms with Crippen LogP contribution in [0.5, 0.6) is 11.5 Å². The molecule has 3 rings (SSSR count). The summed E-state index contributed by atoms with van der Waals surface area (Å²) < 4.78 is 11.0. The van der Waals surface area contributed by atoms with Crippen LogP contribution in [0.15, 0.2) is 42.5 Å². The van der Waals surface area contributed by atoms with Gasteiger partial charge in [-0.2, -0.15) is 0 Å². The summed E-state index contributed by atoms with van der Waals surface area (Å²) >= 11 is 5.85. The van der Waals surface area contributed by atoms with Gasteiger partial charge in [0.05, 0.1) is 17.8 Å². The van der Waals surface area contributed by atoms with E-state index in [1.165, 1.54) is 23.1 Å². The summed E-state index contributed by atoms with van der Waals surface area (Å²) in [6, 6.07) is 11.1. The van der Waals surface area contributed by atoms with Crippen LogP contribution in [0, 0.1) is 0 Å². The van der Waals surface area contributed by atoms with E-state index in [2.05, 4.69) is 0 Å². The molecular formula is C18H16ClN3O5. The van der Waals surface area contributed by atoms with Crippen molar-refractivity contribution in [2.75, 3.05) is 18.1 Å². The highest BCUT2D eigenvalue weighted by Gasteiger charge is 2.32. The van der Waals surface area contributed by atoms with Crippen molar-refractivity contribution in [1.82, 2.24) is 0 Å². The molecule has 0 unspecified atom stereocenters. The number of ether oxygens (including phenoxy) is 2. The average Bonchev–Trinajstić information content (AvgIpc) is 2.65. The number of nitrogens with zero attached hydrogens (tertiary/aromatic N) is 1. The van der Waals surface area contributed by atoms with Gasteiger partial charge in [-0.3, -0.25) is 14.4 Å². The quantitative estimate of drug-likeness (QED) is 0.792. The number of carbonyl (C=O) groups is 3. The predicted molar refractivity (Wildman–Crippen MR) is 97.9 cm³/mol. The predicted octanol–water partition coefficient (Wildman–Crippen LogP) is 1.10. The standard InChI is InChI=1S/C18H16ClN3O5/c19-10-5-6-13(11(7-10)17(20)24)26-9-16(23)22-8-15(18(21)25)27-14-4-2-1-3-12(14)22/h1-7,15H,8-9H2,(H2,20,24)(H2,21,25)/t15-/m1/s1. The SMILES string of the molecule is NC(=O)c1cc(Cl)ccc1OCC(=O)N1C[C@H](C(N)=O)Oc2ccccc21. The van der Waals surface area contributed by atoms with Gasteiger partial charge in [-0.25, -0.2) is 0 Å². The van der Waals surface area contributed by atoms with Crippen molar-refractivity contribution in [2.24, 2.45) is 11.5 Å². The van der Waals surface area contributed by atoms with E-state index in [1.807, 2.05) is 0 Å². The van der Waals surface area contributed by atoms with Crippen LogP contribution in [-0.4, -0.2) is 37.0 Å². The average molecular weight is 390 g/mol. The highest BCUT2D eigenvalue weighted by atomic mass is 35.5. The fourth-order valence-electron chi connectivity index (χ4n) is 2.66. The lowest BCUT2D eigenvalue weighted by Gasteiger charge is -2.33. The largest absolute Gasteiger partial charge is 0.483 e. The maximum absolute atomic E-state index is 12.7. The Hall–Kier alpha value is -3.26. The van der Waals surface area contributed by atoms with Crippen LogP contribution >= 0.6 is 11.6 Å². The second kappa shape index (κ2) is 7.55. The zero-order valence-electron chi connectivity index (χ0n) is 14.1. The molecule has 27 heavy (non-hydrogen) atoms. The molecule has 1 heterocycles. The Balaban J connectivity index is 1.80. The van der Waals surface area contributed by atoms with Crippen molar-refractivity contribution < 1.29 is 23.9 Å². The third-order valence-electron chi connectivity index (χ3n) is 3.95. The molecule has 1 atom stereocenters. The fraction of sp³-hybridized carbons (Fsp3) is 0.167. The van der Waals surface area contributed by atoms with Gasteiger partial charge in [-0.15, -0.1) is 0 Å². The van der Waals surface area contributed by atoms with Gasteiger partial charge in [0.1, 0.15) is 11.5 Å². The van der Waals surface area contributed by atoms with E-state index in [0.29, 0.717) is 16.5 Å². The molecule has 0 saturated heterocycles. The Morgan fingerprint density at radius 1 is 1.19 bits per heavy atom. The Bertz CT molecular complexity index is 918. The molecule has 0 aliphatic carbocycles. The van der Waals surface area contributed by atoms with Crippen molar-refractivity contribution in [1.29, 1.82) is 0 Å². The Kier molecular flexibility index (Phi) is 5.18. The molecule has 0 fully saturated rings. The maximum atomic E-state index is 12.7. The van der Waals surface area contributed by atoms with Gasteiger partial charge in [0.2, 0.25) is 0 Å². The van der Waals surface area contributed by atoms with E-state index in [-0.39, 0.29) is 24.5 Å². The van der Waals surface area contributed by atoms with Crippen molar-refractivity contribution in [3.63, 3.8) is 0 Å². The van der Waals surface area contributed by atoms with E-state index < -0.39 is 23.8 Å². The first-order valence-corrected chi connectivity index (χ1v) is 8.32. The minimum Gasteiger partial charge on any atom is -0.483 e. The lowest BCUT2D eigenvalue weighted by atomic mass is 10.1. The summed E-state index contributed by atoms with van der Waals surface area (Å²) in [5.74, 6) is -1.36. The highest BCUT2D eigenvalue weighted by molar-refractivity contribution is 6.31. The number of rotatable bonds is 5. The van der Waals surface area contributed by atoms with Crippen LogP contribution < -0.4 is 25.8 Å². The molecule has 0 radical (unpaired) electrons. The number of para-hydroxylation sites is 2. The molecule has 2 aromatic rings. The summed E-state index contributed by atoms with van der Waals surface area (Å²) in [5.41, 5.74) is 11.2. The van der Waals surface area contributed by atoms with Crippen LogP contribution in [0.4, 0.5) is 5.69 Å². The van der Waals surface area contributed by atoms with Crippen LogP contribution in [0.25, 0.3) is 0 Å². The zero-order chi connectivity index (χ0) is 19.6. The molecule has 0 aromatic heterocycles. The molecule has 140 valence electrons. The van der Waals surface area contributed by atoms with Gasteiger partial charge in [0.15, 0.2) is 12.7 Å². The number of hydrogen-bond acceptors (Lipinski definition) is 5. The number of halogens is 1. The number of primary amides is 2. The summed E-state index contributed by atoms with van der Waals surface area (Å²) in [6.07, 6.45) is -0.972. The van der Waals surface area contributed by atoms with Gasteiger partial charge in [-0.1, -0.05) is 23.7 Å². The molecule has 0 saturated carbocycles. The van der Waals surface area contributed by atoms with Gasteiger partial charge >= 0.3 is 0 Å². The normalized spacial score (nSPS) is 15.4. The monoisotopic (exact) mass is 389 g/mol. The van der Waals surface area contributed by atoms with Crippen molar-refractivity contribution in [3.8, 4) is 11.5 Å². The second-order valence-electron chi connectivity index (χ2n) is 5.77. The first kappa shape index (κ1) is 18.5. The smallest absolute Gasteiger partial charge is 0.265 e. The number of benzene rings is 2. The van der Waals surface area contributed by atoms with Crippen LogP contribution in [0.1, 0.15) is 10.4 Å². The first-order valence-electron chi connectivity index (χ1n) is 7.94. The number of amides is 3.